The molecule has 53 heavy (non-hydrogen) atoms. The molecule has 9 rings (SSSR count). The van der Waals surface area contributed by atoms with Crippen LogP contribution in [-0.4, -0.2) is 32.9 Å². The van der Waals surface area contributed by atoms with Crippen molar-refractivity contribution in [2.45, 2.75) is 12.2 Å². The Morgan fingerprint density at radius 2 is 1.40 bits per heavy atom. The first kappa shape index (κ1) is 32.4. The van der Waals surface area contributed by atoms with E-state index in [0.29, 0.717) is 28.1 Å². The van der Waals surface area contributed by atoms with Crippen molar-refractivity contribution in [1.29, 1.82) is 0 Å². The number of aliphatic hydroxyl groups is 1. The molecule has 2 aliphatic carbocycles. The van der Waals surface area contributed by atoms with E-state index in [4.69, 9.17) is 9.72 Å². The lowest BCUT2D eigenvalue weighted by molar-refractivity contribution is -0.126. The maximum absolute atomic E-state index is 13.8. The monoisotopic (exact) mass is 695 g/mol. The minimum Gasteiger partial charge on any atom is -0.457 e. The number of carbonyl (C=O) groups excluding carboxylic acids is 3. The highest BCUT2D eigenvalue weighted by Crippen LogP contribution is 2.63. The van der Waals surface area contributed by atoms with Gasteiger partial charge in [-0.2, -0.15) is 0 Å². The molecule has 0 radical (unpaired) electrons. The number of hydrogen-bond acceptors (Lipinski definition) is 7. The Morgan fingerprint density at radius 1 is 0.717 bits per heavy atom. The van der Waals surface area contributed by atoms with Gasteiger partial charge in [-0.25, -0.2) is 4.79 Å². The van der Waals surface area contributed by atoms with Gasteiger partial charge in [0.1, 0.15) is 6.61 Å². The Bertz CT molecular complexity index is 2430. The van der Waals surface area contributed by atoms with Crippen molar-refractivity contribution in [2.75, 3.05) is 0 Å². The van der Waals surface area contributed by atoms with Crippen molar-refractivity contribution < 1.29 is 24.2 Å². The standard InChI is InChI=1S/C45H33N3O5/c49-42-39-33-25-34(45(52,29-16-2-1-3-17-29)36-22-9-11-24-47-36)40(41(39)43(50)48-42)38(33)37(35-21-8-10-23-46-35)31-19-7-5-14-28(31)26-53-44(51)32-20-12-15-27-13-4-6-18-30(27)32/h1-25,33,39-41,52H,26H2,(H,48,49,50). The van der Waals surface area contributed by atoms with Gasteiger partial charge in [0.25, 0.3) is 0 Å². The van der Waals surface area contributed by atoms with Gasteiger partial charge in [0, 0.05) is 29.8 Å². The summed E-state index contributed by atoms with van der Waals surface area (Å²) in [6.45, 7) is -0.0361. The van der Waals surface area contributed by atoms with Crippen molar-refractivity contribution in [3.05, 3.63) is 197 Å². The van der Waals surface area contributed by atoms with E-state index in [1.54, 1.807) is 30.6 Å². The number of benzene rings is 4. The van der Waals surface area contributed by atoms with Gasteiger partial charge in [-0.05, 0) is 68.9 Å². The van der Waals surface area contributed by atoms with Crippen molar-refractivity contribution in [1.82, 2.24) is 15.3 Å². The highest BCUT2D eigenvalue weighted by atomic mass is 16.5. The van der Waals surface area contributed by atoms with E-state index in [-0.39, 0.29) is 18.4 Å². The second-order valence-corrected chi connectivity index (χ2v) is 13.6. The summed E-state index contributed by atoms with van der Waals surface area (Å²) in [6.07, 6.45) is 5.31. The van der Waals surface area contributed by atoms with Crippen LogP contribution in [0.25, 0.3) is 16.3 Å². The number of ether oxygens (including phenoxy) is 1. The summed E-state index contributed by atoms with van der Waals surface area (Å²) in [5.74, 6) is -3.78. The molecule has 258 valence electrons. The maximum Gasteiger partial charge on any atom is 0.339 e. The Morgan fingerprint density at radius 3 is 2.19 bits per heavy atom. The fourth-order valence-electron chi connectivity index (χ4n) is 8.66. The molecule has 0 spiro atoms. The fourth-order valence-corrected chi connectivity index (χ4v) is 8.66. The molecule has 1 saturated heterocycles. The minimum atomic E-state index is -1.72. The number of pyridine rings is 2. The molecule has 8 heteroatoms. The van der Waals surface area contributed by atoms with Crippen molar-refractivity contribution in [3.63, 3.8) is 0 Å². The number of fused-ring (bicyclic) bond motifs is 6. The zero-order valence-electron chi connectivity index (χ0n) is 28.4. The Balaban J connectivity index is 1.21. The van der Waals surface area contributed by atoms with Gasteiger partial charge in [0.05, 0.1) is 28.8 Å². The summed E-state index contributed by atoms with van der Waals surface area (Å²) in [4.78, 5) is 50.3. The number of carbonyl (C=O) groups is 3. The SMILES string of the molecule is O=C(OCc1ccccc1C(=C1C2C=C(C(O)(c3ccccc3)c3ccccn3)C1C1C(=O)NC(=O)C21)c1ccccn1)c1cccc2ccccc12. The van der Waals surface area contributed by atoms with Crippen molar-refractivity contribution in [3.8, 4) is 0 Å². The first-order chi connectivity index (χ1) is 25.9. The topological polar surface area (TPSA) is 118 Å². The molecule has 5 unspecified atom stereocenters. The Labute approximate surface area is 305 Å². The van der Waals surface area contributed by atoms with Crippen LogP contribution in [0.5, 0.6) is 0 Å². The highest BCUT2D eigenvalue weighted by molar-refractivity contribution is 6.08. The van der Waals surface area contributed by atoms with E-state index >= 15 is 0 Å². The molecule has 3 heterocycles. The van der Waals surface area contributed by atoms with Crippen LogP contribution in [0.4, 0.5) is 0 Å². The molecule has 5 atom stereocenters. The first-order valence-electron chi connectivity index (χ1n) is 17.6. The normalized spacial score (nSPS) is 22.2. The third-order valence-corrected chi connectivity index (χ3v) is 10.9. The van der Waals surface area contributed by atoms with Gasteiger partial charge in [0.15, 0.2) is 5.60 Å². The summed E-state index contributed by atoms with van der Waals surface area (Å²) in [7, 11) is 0. The number of esters is 1. The molecule has 3 aliphatic rings. The first-order valence-corrected chi connectivity index (χ1v) is 17.6. The van der Waals surface area contributed by atoms with Crippen LogP contribution in [0.1, 0.15) is 38.4 Å². The van der Waals surface area contributed by atoms with Crippen LogP contribution in [-0.2, 0) is 26.5 Å². The van der Waals surface area contributed by atoms with Crippen LogP contribution in [0.2, 0.25) is 0 Å². The number of nitrogens with zero attached hydrogens (tertiary/aromatic N) is 2. The lowest BCUT2D eigenvalue weighted by Gasteiger charge is -2.36. The minimum absolute atomic E-state index is 0.0361. The van der Waals surface area contributed by atoms with E-state index in [9.17, 15) is 19.5 Å². The Kier molecular flexibility index (Phi) is 7.90. The lowest BCUT2D eigenvalue weighted by Crippen LogP contribution is -2.38. The number of allylic oxidation sites excluding steroid dienone is 2. The van der Waals surface area contributed by atoms with E-state index in [2.05, 4.69) is 10.3 Å². The summed E-state index contributed by atoms with van der Waals surface area (Å²) < 4.78 is 6.02. The third kappa shape index (κ3) is 5.21. The van der Waals surface area contributed by atoms with Gasteiger partial charge in [0.2, 0.25) is 11.8 Å². The van der Waals surface area contributed by atoms with Gasteiger partial charge in [-0.15, -0.1) is 0 Å². The predicted octanol–water partition coefficient (Wildman–Crippen LogP) is 6.80. The molecule has 8 nitrogen and oxygen atoms in total. The molecule has 2 amide bonds. The van der Waals surface area contributed by atoms with Gasteiger partial charge in [-0.3, -0.25) is 24.9 Å². The van der Waals surface area contributed by atoms with Crippen LogP contribution >= 0.6 is 0 Å². The van der Waals surface area contributed by atoms with Gasteiger partial charge >= 0.3 is 5.97 Å². The molecule has 1 aliphatic heterocycles. The number of nitrogens with one attached hydrogen (secondary N) is 1. The zero-order chi connectivity index (χ0) is 36.1. The summed E-state index contributed by atoms with van der Waals surface area (Å²) in [6, 6.07) is 41.2. The number of aromatic nitrogens is 2. The van der Waals surface area contributed by atoms with Crippen LogP contribution in [0.15, 0.2) is 163 Å². The molecule has 2 fully saturated rings. The van der Waals surface area contributed by atoms with Crippen LogP contribution in [0.3, 0.4) is 0 Å². The third-order valence-electron chi connectivity index (χ3n) is 10.9. The summed E-state index contributed by atoms with van der Waals surface area (Å²) in [5.41, 5.74) is 4.01. The number of hydrogen-bond donors (Lipinski definition) is 2. The van der Waals surface area contributed by atoms with E-state index in [1.807, 2.05) is 121 Å². The molecule has 2 N–H and O–H groups in total. The van der Waals surface area contributed by atoms with E-state index in [1.165, 1.54) is 0 Å². The van der Waals surface area contributed by atoms with Crippen LogP contribution < -0.4 is 5.32 Å². The lowest BCUT2D eigenvalue weighted by atomic mass is 9.71. The largest absolute Gasteiger partial charge is 0.457 e. The molecule has 2 bridgehead atoms. The van der Waals surface area contributed by atoms with Crippen LogP contribution in [0, 0.1) is 23.7 Å². The van der Waals surface area contributed by atoms with Crippen molar-refractivity contribution in [2.24, 2.45) is 23.7 Å². The maximum atomic E-state index is 13.8. The molecule has 4 aromatic carbocycles. The molecule has 6 aromatic rings. The molecule has 2 aromatic heterocycles. The van der Waals surface area contributed by atoms with Gasteiger partial charge < -0.3 is 9.84 Å². The molecular weight excluding hydrogens is 663 g/mol. The predicted molar refractivity (Wildman–Crippen MR) is 199 cm³/mol. The highest BCUT2D eigenvalue weighted by Gasteiger charge is 2.65. The van der Waals surface area contributed by atoms with Crippen molar-refractivity contribution >= 4 is 34.1 Å². The number of rotatable bonds is 8. The zero-order valence-corrected chi connectivity index (χ0v) is 28.4. The van der Waals surface area contributed by atoms with Gasteiger partial charge in [-0.1, -0.05) is 109 Å². The number of amides is 2. The summed E-state index contributed by atoms with van der Waals surface area (Å²) >= 11 is 0. The quantitative estimate of drug-likeness (QED) is 0.102. The fraction of sp³-hybridized carbons (Fsp3) is 0.133. The second kappa shape index (κ2) is 12.9. The van der Waals surface area contributed by atoms with E-state index in [0.717, 1.165) is 33.0 Å². The second-order valence-electron chi connectivity index (χ2n) is 13.6. The van der Waals surface area contributed by atoms with E-state index < -0.39 is 35.2 Å². The molecular formula is C45H33N3O5. The number of imide groups is 1. The summed E-state index contributed by atoms with van der Waals surface area (Å²) in [5, 5.41) is 17.4. The average molecular weight is 696 g/mol. The Hall–Kier alpha value is -6.51. The average Bonchev–Trinajstić information content (AvgIpc) is 3.85. The molecule has 1 saturated carbocycles. The smallest absolute Gasteiger partial charge is 0.339 e.